The molecule has 1 atom stereocenters. The van der Waals surface area contributed by atoms with Gasteiger partial charge in [0.15, 0.2) is 0 Å². The van der Waals surface area contributed by atoms with Gasteiger partial charge in [-0.25, -0.2) is 4.79 Å². The first-order valence-electron chi connectivity index (χ1n) is 4.31. The largest absolute Gasteiger partial charge is 0.462 e. The molecule has 0 aromatic heterocycles. The van der Waals surface area contributed by atoms with E-state index in [1.807, 2.05) is 0 Å². The lowest BCUT2D eigenvalue weighted by atomic mass is 10.2. The number of hydrogen-bond acceptors (Lipinski definition) is 4. The van der Waals surface area contributed by atoms with Crippen molar-refractivity contribution in [2.45, 2.75) is 25.3 Å². The van der Waals surface area contributed by atoms with E-state index in [9.17, 15) is 18.0 Å². The molecule has 0 fully saturated rings. The number of methoxy groups -OCH3 is 1. The molecule has 1 N–H and O–H groups in total. The van der Waals surface area contributed by atoms with Crippen molar-refractivity contribution in [1.29, 1.82) is 0 Å². The van der Waals surface area contributed by atoms with Crippen LogP contribution in [0.25, 0.3) is 0 Å². The van der Waals surface area contributed by atoms with Gasteiger partial charge < -0.3 is 14.6 Å². The highest BCUT2D eigenvalue weighted by molar-refractivity contribution is 5.86. The second-order valence-corrected chi connectivity index (χ2v) is 3.15. The van der Waals surface area contributed by atoms with Crippen molar-refractivity contribution in [3.8, 4) is 0 Å². The molecule has 0 heterocycles. The lowest BCUT2D eigenvalue weighted by Gasteiger charge is -2.28. The van der Waals surface area contributed by atoms with E-state index in [1.165, 1.54) is 6.92 Å². The van der Waals surface area contributed by atoms with E-state index in [4.69, 9.17) is 5.11 Å². The van der Waals surface area contributed by atoms with Gasteiger partial charge in [0, 0.05) is 19.1 Å². The zero-order valence-corrected chi connectivity index (χ0v) is 8.93. The van der Waals surface area contributed by atoms with Crippen molar-refractivity contribution in [1.82, 2.24) is 0 Å². The van der Waals surface area contributed by atoms with Gasteiger partial charge in [-0.05, 0) is 6.92 Å². The Balaban J connectivity index is 4.27. The summed E-state index contributed by atoms with van der Waals surface area (Å²) in [6.45, 7) is 3.99. The van der Waals surface area contributed by atoms with Gasteiger partial charge >= 0.3 is 12.1 Å². The van der Waals surface area contributed by atoms with Gasteiger partial charge in [-0.1, -0.05) is 6.58 Å². The molecule has 0 amide bonds. The molecule has 0 saturated carbocycles. The smallest absolute Gasteiger partial charge is 0.443 e. The van der Waals surface area contributed by atoms with Gasteiger partial charge in [0.25, 0.3) is 5.79 Å². The number of halogens is 3. The predicted molar refractivity (Wildman–Crippen MR) is 48.4 cm³/mol. The number of alkyl halides is 3. The van der Waals surface area contributed by atoms with Gasteiger partial charge in [-0.15, -0.1) is 0 Å². The molecule has 16 heavy (non-hydrogen) atoms. The fourth-order valence-electron chi connectivity index (χ4n) is 0.765. The van der Waals surface area contributed by atoms with Crippen LogP contribution in [0.15, 0.2) is 12.2 Å². The Labute approximate surface area is 90.6 Å². The van der Waals surface area contributed by atoms with Crippen LogP contribution >= 0.6 is 0 Å². The standard InChI is InChI=1S/C9H13F3O4/c1-6(2)7(13)16-5-4-8(14,15-3)9(10,11)12/h14H,1,4-5H2,2-3H3. The molecule has 94 valence electrons. The molecule has 0 radical (unpaired) electrons. The molecule has 0 saturated heterocycles. The number of carbonyl (C=O) groups excluding carboxylic acids is 1. The summed E-state index contributed by atoms with van der Waals surface area (Å²) in [6.07, 6.45) is -5.84. The lowest BCUT2D eigenvalue weighted by Crippen LogP contribution is -2.47. The van der Waals surface area contributed by atoms with Gasteiger partial charge in [-0.3, -0.25) is 0 Å². The summed E-state index contributed by atoms with van der Waals surface area (Å²) in [5.74, 6) is -4.12. The summed E-state index contributed by atoms with van der Waals surface area (Å²) in [5, 5.41) is 9.05. The first-order chi connectivity index (χ1) is 7.14. The number of rotatable bonds is 5. The maximum absolute atomic E-state index is 12.3. The van der Waals surface area contributed by atoms with E-state index in [-0.39, 0.29) is 5.57 Å². The minimum Gasteiger partial charge on any atom is -0.462 e. The minimum absolute atomic E-state index is 0.0629. The molecule has 0 aromatic carbocycles. The van der Waals surface area contributed by atoms with E-state index in [2.05, 4.69) is 16.1 Å². The van der Waals surface area contributed by atoms with Crippen LogP contribution in [0.5, 0.6) is 0 Å². The fraction of sp³-hybridized carbons (Fsp3) is 0.667. The molecule has 7 heteroatoms. The Kier molecular flexibility index (Phi) is 4.95. The third-order valence-electron chi connectivity index (χ3n) is 1.80. The molecular formula is C9H13F3O4. The third kappa shape index (κ3) is 3.82. The van der Waals surface area contributed by atoms with Crippen molar-refractivity contribution in [2.24, 2.45) is 0 Å². The lowest BCUT2D eigenvalue weighted by molar-refractivity contribution is -0.361. The predicted octanol–water partition coefficient (Wildman–Crippen LogP) is 1.39. The molecule has 0 bridgehead atoms. The SMILES string of the molecule is C=C(C)C(=O)OCCC(O)(OC)C(F)(F)F. The molecule has 0 aliphatic carbocycles. The number of ether oxygens (including phenoxy) is 2. The Hall–Kier alpha value is -1.08. The highest BCUT2D eigenvalue weighted by atomic mass is 19.4. The maximum atomic E-state index is 12.3. The molecule has 0 rings (SSSR count). The molecule has 0 spiro atoms. The molecule has 1 unspecified atom stereocenters. The average Bonchev–Trinajstić information content (AvgIpc) is 2.15. The fourth-order valence-corrected chi connectivity index (χ4v) is 0.765. The quantitative estimate of drug-likeness (QED) is 0.449. The van der Waals surface area contributed by atoms with E-state index < -0.39 is 31.0 Å². The van der Waals surface area contributed by atoms with Crippen LogP contribution < -0.4 is 0 Å². The van der Waals surface area contributed by atoms with Gasteiger partial charge in [0.1, 0.15) is 0 Å². The minimum atomic E-state index is -4.95. The van der Waals surface area contributed by atoms with Gasteiger partial charge in [-0.2, -0.15) is 13.2 Å². The van der Waals surface area contributed by atoms with Crippen LogP contribution in [-0.4, -0.2) is 36.8 Å². The zero-order valence-electron chi connectivity index (χ0n) is 8.93. The topological polar surface area (TPSA) is 55.8 Å². The van der Waals surface area contributed by atoms with Crippen LogP contribution in [-0.2, 0) is 14.3 Å². The van der Waals surface area contributed by atoms with E-state index in [1.54, 1.807) is 0 Å². The first kappa shape index (κ1) is 14.9. The Morgan fingerprint density at radius 3 is 2.25 bits per heavy atom. The number of carbonyl (C=O) groups is 1. The van der Waals surface area contributed by atoms with Crippen molar-refractivity contribution in [2.75, 3.05) is 13.7 Å². The Bertz CT molecular complexity index is 274. The van der Waals surface area contributed by atoms with Crippen molar-refractivity contribution < 1.29 is 32.5 Å². The second-order valence-electron chi connectivity index (χ2n) is 3.15. The van der Waals surface area contributed by atoms with Crippen LogP contribution in [0.4, 0.5) is 13.2 Å². The van der Waals surface area contributed by atoms with E-state index in [0.717, 1.165) is 0 Å². The molecule has 0 aromatic rings. The third-order valence-corrected chi connectivity index (χ3v) is 1.80. The monoisotopic (exact) mass is 242 g/mol. The zero-order chi connectivity index (χ0) is 13.0. The summed E-state index contributed by atoms with van der Waals surface area (Å²) < 4.78 is 45.1. The van der Waals surface area contributed by atoms with Crippen molar-refractivity contribution >= 4 is 5.97 Å². The Morgan fingerprint density at radius 1 is 1.44 bits per heavy atom. The highest BCUT2D eigenvalue weighted by Gasteiger charge is 2.54. The average molecular weight is 242 g/mol. The highest BCUT2D eigenvalue weighted by Crippen LogP contribution is 2.33. The Morgan fingerprint density at radius 2 is 1.94 bits per heavy atom. The summed E-state index contributed by atoms with van der Waals surface area (Å²) in [5.41, 5.74) is 0.0629. The number of hydrogen-bond donors (Lipinski definition) is 1. The number of aliphatic hydroxyl groups is 1. The maximum Gasteiger partial charge on any atom is 0.443 e. The summed E-state index contributed by atoms with van der Waals surface area (Å²) in [4.78, 5) is 10.8. The summed E-state index contributed by atoms with van der Waals surface area (Å²) in [7, 11) is 0.716. The van der Waals surface area contributed by atoms with Crippen LogP contribution in [0, 0.1) is 0 Å². The van der Waals surface area contributed by atoms with Crippen LogP contribution in [0.3, 0.4) is 0 Å². The first-order valence-corrected chi connectivity index (χ1v) is 4.31. The number of esters is 1. The van der Waals surface area contributed by atoms with Crippen LogP contribution in [0.2, 0.25) is 0 Å². The molecular weight excluding hydrogens is 229 g/mol. The molecule has 0 aliphatic rings. The van der Waals surface area contributed by atoms with E-state index in [0.29, 0.717) is 7.11 Å². The normalized spacial score (nSPS) is 15.4. The second kappa shape index (κ2) is 5.31. The van der Waals surface area contributed by atoms with Crippen molar-refractivity contribution in [3.05, 3.63) is 12.2 Å². The van der Waals surface area contributed by atoms with Crippen LogP contribution in [0.1, 0.15) is 13.3 Å². The molecule has 0 aliphatic heterocycles. The van der Waals surface area contributed by atoms with E-state index >= 15 is 0 Å². The summed E-state index contributed by atoms with van der Waals surface area (Å²) in [6, 6.07) is 0. The summed E-state index contributed by atoms with van der Waals surface area (Å²) >= 11 is 0. The van der Waals surface area contributed by atoms with Crippen molar-refractivity contribution in [3.63, 3.8) is 0 Å². The van der Waals surface area contributed by atoms with Gasteiger partial charge in [0.05, 0.1) is 6.61 Å². The van der Waals surface area contributed by atoms with Gasteiger partial charge in [0.2, 0.25) is 0 Å². The molecule has 4 nitrogen and oxygen atoms in total.